The van der Waals surface area contributed by atoms with Crippen molar-refractivity contribution in [3.63, 3.8) is 0 Å². The van der Waals surface area contributed by atoms with Crippen LogP contribution in [0.3, 0.4) is 0 Å². The van der Waals surface area contributed by atoms with Crippen molar-refractivity contribution in [2.45, 2.75) is 50.8 Å². The fourth-order valence-corrected chi connectivity index (χ4v) is 4.18. The van der Waals surface area contributed by atoms with Crippen LogP contribution in [0.2, 0.25) is 0 Å². The molecule has 2 N–H and O–H groups in total. The average molecular weight is 391 g/mol. The van der Waals surface area contributed by atoms with Gasteiger partial charge in [-0.1, -0.05) is 0 Å². The highest BCUT2D eigenvalue weighted by Gasteiger charge is 2.29. The van der Waals surface area contributed by atoms with E-state index in [4.69, 9.17) is 0 Å². The molecule has 1 aliphatic carbocycles. The van der Waals surface area contributed by atoms with Gasteiger partial charge >= 0.3 is 0 Å². The summed E-state index contributed by atoms with van der Waals surface area (Å²) in [5.41, 5.74) is 1.68. The predicted octanol–water partition coefficient (Wildman–Crippen LogP) is 2.70. The summed E-state index contributed by atoms with van der Waals surface area (Å²) in [6.07, 6.45) is 6.31. The van der Waals surface area contributed by atoms with Gasteiger partial charge in [-0.3, -0.25) is 4.79 Å². The van der Waals surface area contributed by atoms with E-state index in [1.54, 1.807) is 24.7 Å². The monoisotopic (exact) mass is 390 g/mol. The van der Waals surface area contributed by atoms with Crippen molar-refractivity contribution in [1.82, 2.24) is 14.5 Å². The van der Waals surface area contributed by atoms with Crippen molar-refractivity contribution < 1.29 is 13.2 Å². The number of hydrogen-bond acceptors (Lipinski definition) is 4. The molecule has 1 aliphatic rings. The molecule has 7 nitrogen and oxygen atoms in total. The highest BCUT2D eigenvalue weighted by Crippen LogP contribution is 2.26. The molecule has 1 amide bonds. The Bertz CT molecular complexity index is 853. The minimum Gasteiger partial charge on any atom is -0.326 e. The van der Waals surface area contributed by atoms with Gasteiger partial charge in [0.2, 0.25) is 15.9 Å². The molecule has 3 rings (SSSR count). The summed E-state index contributed by atoms with van der Waals surface area (Å²) in [5.74, 6) is -0.0948. The summed E-state index contributed by atoms with van der Waals surface area (Å²) in [7, 11) is -3.26. The quantitative estimate of drug-likeness (QED) is 0.793. The fourth-order valence-electron chi connectivity index (χ4n) is 3.21. The fraction of sp³-hybridized carbons (Fsp3) is 0.474. The van der Waals surface area contributed by atoms with E-state index >= 15 is 0 Å². The number of benzene rings is 1. The second-order valence-electron chi connectivity index (χ2n) is 7.25. The molecule has 27 heavy (non-hydrogen) atoms. The van der Waals surface area contributed by atoms with Gasteiger partial charge in [-0.15, -0.1) is 0 Å². The zero-order chi connectivity index (χ0) is 19.4. The van der Waals surface area contributed by atoms with E-state index in [9.17, 15) is 13.2 Å². The van der Waals surface area contributed by atoms with Gasteiger partial charge in [0.05, 0.1) is 10.9 Å². The summed E-state index contributed by atoms with van der Waals surface area (Å²) >= 11 is 0. The van der Waals surface area contributed by atoms with Gasteiger partial charge in [-0.25, -0.2) is 17.8 Å². The molecule has 1 aromatic carbocycles. The van der Waals surface area contributed by atoms with Gasteiger partial charge in [-0.2, -0.15) is 5.10 Å². The Kier molecular flexibility index (Phi) is 5.96. The van der Waals surface area contributed by atoms with E-state index < -0.39 is 15.3 Å². The Hall–Kier alpha value is -2.19. The lowest BCUT2D eigenvalue weighted by atomic mass is 9.86. The van der Waals surface area contributed by atoms with Crippen LogP contribution in [0.1, 0.15) is 39.5 Å². The van der Waals surface area contributed by atoms with Gasteiger partial charge < -0.3 is 5.32 Å². The van der Waals surface area contributed by atoms with E-state index in [0.717, 1.165) is 11.4 Å². The molecule has 146 valence electrons. The molecule has 2 aromatic rings. The van der Waals surface area contributed by atoms with Crippen LogP contribution in [0.25, 0.3) is 5.69 Å². The van der Waals surface area contributed by atoms with E-state index in [-0.39, 0.29) is 17.9 Å². The van der Waals surface area contributed by atoms with Crippen molar-refractivity contribution in [1.29, 1.82) is 0 Å². The third-order valence-corrected chi connectivity index (χ3v) is 6.86. The maximum atomic E-state index is 12.5. The molecule has 0 bridgehead atoms. The molecule has 0 unspecified atom stereocenters. The van der Waals surface area contributed by atoms with E-state index in [2.05, 4.69) is 15.1 Å². The van der Waals surface area contributed by atoms with Crippen molar-refractivity contribution in [3.05, 3.63) is 42.7 Å². The Morgan fingerprint density at radius 3 is 2.37 bits per heavy atom. The Morgan fingerprint density at radius 2 is 1.81 bits per heavy atom. The Morgan fingerprint density at radius 1 is 1.15 bits per heavy atom. The molecule has 1 saturated carbocycles. The van der Waals surface area contributed by atoms with Crippen molar-refractivity contribution in [2.24, 2.45) is 5.92 Å². The molecule has 1 aromatic heterocycles. The standard InChI is InChI=1S/C19H26N4O3S/c1-14(2)27(25,26)22-17-6-4-15(5-7-17)19(24)21-16-8-10-18(11-9-16)23-13-3-12-20-23/h3,8-15,17,22H,4-7H2,1-2H3,(H,21,24). The van der Waals surface area contributed by atoms with Crippen LogP contribution in [-0.4, -0.2) is 35.4 Å². The average Bonchev–Trinajstić information content (AvgIpc) is 3.17. The van der Waals surface area contributed by atoms with Gasteiger partial charge in [0.15, 0.2) is 0 Å². The number of anilines is 1. The number of amides is 1. The van der Waals surface area contributed by atoms with Crippen LogP contribution in [0.5, 0.6) is 0 Å². The molecular formula is C19H26N4O3S. The first-order valence-electron chi connectivity index (χ1n) is 9.27. The zero-order valence-electron chi connectivity index (χ0n) is 15.6. The summed E-state index contributed by atoms with van der Waals surface area (Å²) in [5, 5.41) is 6.69. The largest absolute Gasteiger partial charge is 0.326 e. The topological polar surface area (TPSA) is 93.1 Å². The number of nitrogens with one attached hydrogen (secondary N) is 2. The van der Waals surface area contributed by atoms with Crippen molar-refractivity contribution in [3.8, 4) is 5.69 Å². The molecule has 0 spiro atoms. The smallest absolute Gasteiger partial charge is 0.227 e. The van der Waals surface area contributed by atoms with Gasteiger partial charge in [-0.05, 0) is 69.9 Å². The molecular weight excluding hydrogens is 364 g/mol. The van der Waals surface area contributed by atoms with E-state index in [0.29, 0.717) is 25.7 Å². The number of rotatable bonds is 6. The van der Waals surface area contributed by atoms with Crippen LogP contribution in [-0.2, 0) is 14.8 Å². The lowest BCUT2D eigenvalue weighted by Crippen LogP contribution is -2.42. The molecule has 0 saturated heterocycles. The summed E-state index contributed by atoms with van der Waals surface area (Å²) in [6, 6.07) is 9.30. The summed E-state index contributed by atoms with van der Waals surface area (Å²) in [6.45, 7) is 3.33. The molecule has 1 fully saturated rings. The van der Waals surface area contributed by atoms with Crippen molar-refractivity contribution in [2.75, 3.05) is 5.32 Å². The van der Waals surface area contributed by atoms with Crippen LogP contribution in [0, 0.1) is 5.92 Å². The Balaban J connectivity index is 1.51. The minimum atomic E-state index is -3.26. The molecule has 1 heterocycles. The number of nitrogens with zero attached hydrogens (tertiary/aromatic N) is 2. The van der Waals surface area contributed by atoms with Gasteiger partial charge in [0.1, 0.15) is 0 Å². The van der Waals surface area contributed by atoms with Crippen LogP contribution in [0.4, 0.5) is 5.69 Å². The normalized spacial score (nSPS) is 20.6. The molecule has 8 heteroatoms. The van der Waals surface area contributed by atoms with Gasteiger partial charge in [0, 0.05) is 30.0 Å². The first-order valence-corrected chi connectivity index (χ1v) is 10.8. The Labute approximate surface area is 160 Å². The highest BCUT2D eigenvalue weighted by atomic mass is 32.2. The summed E-state index contributed by atoms with van der Waals surface area (Å²) in [4.78, 5) is 12.5. The maximum Gasteiger partial charge on any atom is 0.227 e. The second kappa shape index (κ2) is 8.22. The molecule has 0 aliphatic heterocycles. The van der Waals surface area contributed by atoms with Crippen LogP contribution < -0.4 is 10.0 Å². The first kappa shape index (κ1) is 19.6. The highest BCUT2D eigenvalue weighted by molar-refractivity contribution is 7.90. The maximum absolute atomic E-state index is 12.5. The number of carbonyl (C=O) groups is 1. The van der Waals surface area contributed by atoms with E-state index in [1.807, 2.05) is 36.5 Å². The van der Waals surface area contributed by atoms with E-state index in [1.165, 1.54) is 0 Å². The van der Waals surface area contributed by atoms with Crippen LogP contribution in [0.15, 0.2) is 42.7 Å². The van der Waals surface area contributed by atoms with Gasteiger partial charge in [0.25, 0.3) is 0 Å². The second-order valence-corrected chi connectivity index (χ2v) is 9.52. The lowest BCUT2D eigenvalue weighted by Gasteiger charge is -2.28. The zero-order valence-corrected chi connectivity index (χ0v) is 16.4. The SMILES string of the molecule is CC(C)S(=O)(=O)NC1CCC(C(=O)Nc2ccc(-n3cccn3)cc2)CC1. The number of aromatic nitrogens is 2. The third-order valence-electron chi connectivity index (χ3n) is 4.95. The molecule has 0 atom stereocenters. The van der Waals surface area contributed by atoms with Crippen LogP contribution >= 0.6 is 0 Å². The number of sulfonamides is 1. The number of carbonyl (C=O) groups excluding carboxylic acids is 1. The summed E-state index contributed by atoms with van der Waals surface area (Å²) < 4.78 is 28.5. The first-order chi connectivity index (χ1) is 12.8. The third kappa shape index (κ3) is 4.95. The molecule has 0 radical (unpaired) electrons. The van der Waals surface area contributed by atoms with Crippen molar-refractivity contribution >= 4 is 21.6 Å². The lowest BCUT2D eigenvalue weighted by molar-refractivity contribution is -0.120. The minimum absolute atomic E-state index is 0.00740. The predicted molar refractivity (Wildman–Crippen MR) is 105 cm³/mol. The number of hydrogen-bond donors (Lipinski definition) is 2.